The van der Waals surface area contributed by atoms with Crippen LogP contribution in [-0.2, 0) is 4.74 Å². The standard InChI is InChI=1S/C15H15FN2O3/c16-11-3-1-10(2-4-11)12-9-17-13(15(19)20)14(12)18-5-7-21-8-6-18/h1-4,9,17H,5-8H2,(H,19,20). The van der Waals surface area contributed by atoms with Crippen molar-refractivity contribution in [3.63, 3.8) is 0 Å². The van der Waals surface area contributed by atoms with E-state index in [1.165, 1.54) is 12.1 Å². The number of anilines is 1. The van der Waals surface area contributed by atoms with Gasteiger partial charge in [-0.25, -0.2) is 9.18 Å². The van der Waals surface area contributed by atoms with Crippen LogP contribution in [0.25, 0.3) is 11.1 Å². The number of nitrogens with one attached hydrogen (secondary N) is 1. The number of morpholine rings is 1. The summed E-state index contributed by atoms with van der Waals surface area (Å²) in [6.07, 6.45) is 1.65. The lowest BCUT2D eigenvalue weighted by Crippen LogP contribution is -2.37. The molecular formula is C15H15FN2O3. The van der Waals surface area contributed by atoms with Crippen LogP contribution in [0.1, 0.15) is 10.5 Å². The lowest BCUT2D eigenvalue weighted by Gasteiger charge is -2.29. The Morgan fingerprint density at radius 3 is 2.52 bits per heavy atom. The van der Waals surface area contributed by atoms with Crippen LogP contribution in [0.15, 0.2) is 30.5 Å². The van der Waals surface area contributed by atoms with Crippen molar-refractivity contribution in [3.8, 4) is 11.1 Å². The monoisotopic (exact) mass is 290 g/mol. The third-order valence-corrected chi connectivity index (χ3v) is 3.55. The van der Waals surface area contributed by atoms with Gasteiger partial charge in [0.25, 0.3) is 0 Å². The van der Waals surface area contributed by atoms with E-state index in [0.717, 1.165) is 11.1 Å². The Morgan fingerprint density at radius 1 is 1.24 bits per heavy atom. The molecule has 1 fully saturated rings. The molecule has 0 atom stereocenters. The molecule has 2 aromatic rings. The van der Waals surface area contributed by atoms with Gasteiger partial charge in [0.15, 0.2) is 0 Å². The highest BCUT2D eigenvalue weighted by molar-refractivity contribution is 5.98. The van der Waals surface area contributed by atoms with E-state index >= 15 is 0 Å². The molecule has 0 unspecified atom stereocenters. The number of carboxylic acid groups (broad SMARTS) is 1. The fourth-order valence-corrected chi connectivity index (χ4v) is 2.54. The van der Waals surface area contributed by atoms with Crippen molar-refractivity contribution >= 4 is 11.7 Å². The van der Waals surface area contributed by atoms with Gasteiger partial charge in [-0.3, -0.25) is 0 Å². The summed E-state index contributed by atoms with van der Waals surface area (Å²) in [5.74, 6) is -1.33. The zero-order valence-corrected chi connectivity index (χ0v) is 11.3. The zero-order valence-electron chi connectivity index (χ0n) is 11.3. The molecule has 1 saturated heterocycles. The van der Waals surface area contributed by atoms with E-state index in [-0.39, 0.29) is 11.5 Å². The Bertz CT molecular complexity index is 645. The minimum Gasteiger partial charge on any atom is -0.477 e. The van der Waals surface area contributed by atoms with Crippen molar-refractivity contribution in [2.75, 3.05) is 31.2 Å². The van der Waals surface area contributed by atoms with Crippen LogP contribution in [0.3, 0.4) is 0 Å². The third kappa shape index (κ3) is 2.62. The van der Waals surface area contributed by atoms with Crippen molar-refractivity contribution in [2.45, 2.75) is 0 Å². The van der Waals surface area contributed by atoms with E-state index in [9.17, 15) is 14.3 Å². The normalized spacial score (nSPS) is 15.2. The van der Waals surface area contributed by atoms with Gasteiger partial charge in [0, 0.05) is 24.8 Å². The first-order valence-corrected chi connectivity index (χ1v) is 6.70. The number of benzene rings is 1. The largest absolute Gasteiger partial charge is 0.477 e. The van der Waals surface area contributed by atoms with Crippen LogP contribution in [0.5, 0.6) is 0 Å². The maximum absolute atomic E-state index is 13.1. The number of carboxylic acids is 1. The number of rotatable bonds is 3. The molecule has 1 aliphatic heterocycles. The number of nitrogens with zero attached hydrogens (tertiary/aromatic N) is 1. The molecule has 2 heterocycles. The fraction of sp³-hybridized carbons (Fsp3) is 0.267. The number of aromatic nitrogens is 1. The highest BCUT2D eigenvalue weighted by atomic mass is 19.1. The summed E-state index contributed by atoms with van der Waals surface area (Å²) in [6, 6.07) is 6.03. The maximum Gasteiger partial charge on any atom is 0.354 e. The molecule has 0 saturated carbocycles. The van der Waals surface area contributed by atoms with Crippen molar-refractivity contribution in [1.82, 2.24) is 4.98 Å². The Hall–Kier alpha value is -2.34. The number of H-pyrrole nitrogens is 1. The fourth-order valence-electron chi connectivity index (χ4n) is 2.54. The quantitative estimate of drug-likeness (QED) is 0.910. The minimum absolute atomic E-state index is 0.149. The SMILES string of the molecule is O=C(O)c1[nH]cc(-c2ccc(F)cc2)c1N1CCOCC1. The number of ether oxygens (including phenoxy) is 1. The van der Waals surface area contributed by atoms with E-state index in [4.69, 9.17) is 4.74 Å². The molecule has 110 valence electrons. The molecule has 1 aromatic carbocycles. The predicted molar refractivity (Wildman–Crippen MR) is 76.2 cm³/mol. The molecule has 0 radical (unpaired) electrons. The second-order valence-electron chi connectivity index (χ2n) is 4.84. The van der Waals surface area contributed by atoms with Crippen LogP contribution < -0.4 is 4.90 Å². The van der Waals surface area contributed by atoms with Crippen LogP contribution in [0, 0.1) is 5.82 Å². The summed E-state index contributed by atoms with van der Waals surface area (Å²) in [6.45, 7) is 2.39. The van der Waals surface area contributed by atoms with Gasteiger partial charge in [-0.2, -0.15) is 0 Å². The molecule has 3 rings (SSSR count). The Labute approximate surface area is 121 Å². The molecule has 21 heavy (non-hydrogen) atoms. The zero-order chi connectivity index (χ0) is 14.8. The lowest BCUT2D eigenvalue weighted by atomic mass is 10.1. The van der Waals surface area contributed by atoms with E-state index in [1.54, 1.807) is 18.3 Å². The van der Waals surface area contributed by atoms with Crippen LogP contribution >= 0.6 is 0 Å². The molecule has 6 heteroatoms. The maximum atomic E-state index is 13.1. The first kappa shape index (κ1) is 13.6. The first-order valence-electron chi connectivity index (χ1n) is 6.70. The Morgan fingerprint density at radius 2 is 1.90 bits per heavy atom. The number of aromatic carboxylic acids is 1. The number of carbonyl (C=O) groups is 1. The molecule has 0 bridgehead atoms. The first-order chi connectivity index (χ1) is 10.2. The van der Waals surface area contributed by atoms with Crippen molar-refractivity contribution in [1.29, 1.82) is 0 Å². The third-order valence-electron chi connectivity index (χ3n) is 3.55. The molecule has 1 aromatic heterocycles. The van der Waals surface area contributed by atoms with Gasteiger partial charge in [-0.1, -0.05) is 12.1 Å². The summed E-state index contributed by atoms with van der Waals surface area (Å²) in [7, 11) is 0. The predicted octanol–water partition coefficient (Wildman–Crippen LogP) is 2.36. The van der Waals surface area contributed by atoms with Crippen molar-refractivity contribution in [2.24, 2.45) is 0 Å². The summed E-state index contributed by atoms with van der Waals surface area (Å²) >= 11 is 0. The molecule has 0 amide bonds. The van der Waals surface area contributed by atoms with Gasteiger partial charge < -0.3 is 19.7 Å². The average molecular weight is 290 g/mol. The molecule has 5 nitrogen and oxygen atoms in total. The van der Waals surface area contributed by atoms with Gasteiger partial charge in [-0.05, 0) is 17.7 Å². The van der Waals surface area contributed by atoms with E-state index in [0.29, 0.717) is 32.0 Å². The second kappa shape index (κ2) is 5.57. The van der Waals surface area contributed by atoms with E-state index in [2.05, 4.69) is 4.98 Å². The number of halogens is 1. The van der Waals surface area contributed by atoms with Crippen molar-refractivity contribution < 1.29 is 19.0 Å². The Balaban J connectivity index is 2.07. The number of hydrogen-bond donors (Lipinski definition) is 2. The van der Waals surface area contributed by atoms with Gasteiger partial charge in [0.2, 0.25) is 0 Å². The summed E-state index contributed by atoms with van der Waals surface area (Å²) < 4.78 is 18.4. The molecule has 0 aliphatic carbocycles. The van der Waals surface area contributed by atoms with Crippen LogP contribution in [0.2, 0.25) is 0 Å². The minimum atomic E-state index is -1.01. The summed E-state index contributed by atoms with van der Waals surface area (Å²) in [4.78, 5) is 16.2. The number of aromatic amines is 1. The van der Waals surface area contributed by atoms with E-state index < -0.39 is 5.97 Å². The van der Waals surface area contributed by atoms with Gasteiger partial charge in [0.05, 0.1) is 18.9 Å². The van der Waals surface area contributed by atoms with Gasteiger partial charge in [0.1, 0.15) is 11.5 Å². The topological polar surface area (TPSA) is 65.6 Å². The lowest BCUT2D eigenvalue weighted by molar-refractivity contribution is 0.0690. The second-order valence-corrected chi connectivity index (χ2v) is 4.84. The Kier molecular flexibility index (Phi) is 3.62. The molecule has 2 N–H and O–H groups in total. The smallest absolute Gasteiger partial charge is 0.354 e. The highest BCUT2D eigenvalue weighted by Crippen LogP contribution is 2.34. The summed E-state index contributed by atoms with van der Waals surface area (Å²) in [5, 5.41) is 9.35. The van der Waals surface area contributed by atoms with Crippen LogP contribution in [0.4, 0.5) is 10.1 Å². The van der Waals surface area contributed by atoms with Crippen molar-refractivity contribution in [3.05, 3.63) is 42.0 Å². The van der Waals surface area contributed by atoms with E-state index in [1.807, 2.05) is 4.90 Å². The van der Waals surface area contributed by atoms with Gasteiger partial charge in [-0.15, -0.1) is 0 Å². The van der Waals surface area contributed by atoms with Crippen LogP contribution in [-0.4, -0.2) is 42.4 Å². The molecule has 0 spiro atoms. The number of hydrogen-bond acceptors (Lipinski definition) is 3. The molecule has 1 aliphatic rings. The highest BCUT2D eigenvalue weighted by Gasteiger charge is 2.24. The summed E-state index contributed by atoms with van der Waals surface area (Å²) in [5.41, 5.74) is 2.32. The molecular weight excluding hydrogens is 275 g/mol. The average Bonchev–Trinajstić information content (AvgIpc) is 2.94. The van der Waals surface area contributed by atoms with Gasteiger partial charge >= 0.3 is 5.97 Å².